The van der Waals surface area contributed by atoms with E-state index in [1.54, 1.807) is 47.2 Å². The molecule has 0 unspecified atom stereocenters. The summed E-state index contributed by atoms with van der Waals surface area (Å²) in [6.45, 7) is 1.50. The van der Waals surface area contributed by atoms with Crippen LogP contribution in [0.15, 0.2) is 65.2 Å². The van der Waals surface area contributed by atoms with Crippen LogP contribution < -0.4 is 10.1 Å². The van der Waals surface area contributed by atoms with E-state index >= 15 is 0 Å². The number of ether oxygens (including phenoxy) is 1. The van der Waals surface area contributed by atoms with Crippen LogP contribution in [0, 0.1) is 0 Å². The van der Waals surface area contributed by atoms with Crippen LogP contribution >= 0.6 is 0 Å². The summed E-state index contributed by atoms with van der Waals surface area (Å²) in [6.07, 6.45) is 0. The number of benzene rings is 2. The molecule has 1 saturated heterocycles. The average Bonchev–Trinajstić information content (AvgIpc) is 3.38. The van der Waals surface area contributed by atoms with Crippen LogP contribution in [0.1, 0.15) is 20.8 Å². The molecular formula is C24H24N4O5. The second kappa shape index (κ2) is 9.99. The maximum Gasteiger partial charge on any atom is 0.273 e. The third-order valence-electron chi connectivity index (χ3n) is 5.46. The number of carbonyl (C=O) groups is 3. The van der Waals surface area contributed by atoms with Gasteiger partial charge in [-0.2, -0.15) is 0 Å². The van der Waals surface area contributed by atoms with E-state index in [1.807, 2.05) is 30.3 Å². The average molecular weight is 448 g/mol. The summed E-state index contributed by atoms with van der Waals surface area (Å²) in [4.78, 5) is 40.9. The highest BCUT2D eigenvalue weighted by atomic mass is 16.5. The van der Waals surface area contributed by atoms with Crippen LogP contribution in [0.4, 0.5) is 0 Å². The van der Waals surface area contributed by atoms with E-state index in [4.69, 9.17) is 9.26 Å². The lowest BCUT2D eigenvalue weighted by molar-refractivity contribution is -0.131. The molecule has 170 valence electrons. The molecule has 3 aromatic rings. The summed E-state index contributed by atoms with van der Waals surface area (Å²) in [7, 11) is 1.57. The number of methoxy groups -OCH3 is 1. The minimum Gasteiger partial charge on any atom is -0.497 e. The van der Waals surface area contributed by atoms with E-state index in [9.17, 15) is 14.4 Å². The predicted octanol–water partition coefficient (Wildman–Crippen LogP) is 2.06. The van der Waals surface area contributed by atoms with Crippen molar-refractivity contribution >= 4 is 17.7 Å². The number of nitrogens with zero attached hydrogens (tertiary/aromatic N) is 3. The van der Waals surface area contributed by atoms with Crippen LogP contribution in [0.5, 0.6) is 5.75 Å². The lowest BCUT2D eigenvalue weighted by atomic mass is 10.1. The zero-order valence-corrected chi connectivity index (χ0v) is 18.2. The Morgan fingerprint density at radius 2 is 1.64 bits per heavy atom. The maximum atomic E-state index is 12.7. The second-order valence-corrected chi connectivity index (χ2v) is 7.53. The van der Waals surface area contributed by atoms with Gasteiger partial charge in [-0.1, -0.05) is 35.5 Å². The van der Waals surface area contributed by atoms with Gasteiger partial charge in [0.05, 0.1) is 13.7 Å². The fraction of sp³-hybridized carbons (Fsp3) is 0.250. The van der Waals surface area contributed by atoms with Gasteiger partial charge in [-0.3, -0.25) is 14.4 Å². The molecule has 1 aliphatic rings. The Morgan fingerprint density at radius 3 is 2.30 bits per heavy atom. The van der Waals surface area contributed by atoms with Crippen LogP contribution in [0.25, 0.3) is 11.3 Å². The lowest BCUT2D eigenvalue weighted by Crippen LogP contribution is -2.52. The normalized spacial score (nSPS) is 13.5. The fourth-order valence-electron chi connectivity index (χ4n) is 3.55. The van der Waals surface area contributed by atoms with Gasteiger partial charge in [-0.15, -0.1) is 0 Å². The minimum absolute atomic E-state index is 0.0849. The van der Waals surface area contributed by atoms with Crippen LogP contribution in [-0.4, -0.2) is 72.5 Å². The Morgan fingerprint density at radius 1 is 0.970 bits per heavy atom. The third-order valence-corrected chi connectivity index (χ3v) is 5.46. The molecule has 0 radical (unpaired) electrons. The van der Waals surface area contributed by atoms with E-state index in [1.165, 1.54) is 0 Å². The molecule has 0 bridgehead atoms. The van der Waals surface area contributed by atoms with Gasteiger partial charge in [0.2, 0.25) is 5.91 Å². The molecule has 4 rings (SSSR count). The Hall–Kier alpha value is -4.14. The smallest absolute Gasteiger partial charge is 0.273 e. The van der Waals surface area contributed by atoms with Gasteiger partial charge in [-0.05, 0) is 24.3 Å². The number of hydrogen-bond acceptors (Lipinski definition) is 6. The van der Waals surface area contributed by atoms with Crippen molar-refractivity contribution in [3.63, 3.8) is 0 Å². The van der Waals surface area contributed by atoms with Crippen LogP contribution in [-0.2, 0) is 4.79 Å². The number of piperazine rings is 1. The zero-order chi connectivity index (χ0) is 23.2. The molecule has 9 nitrogen and oxygen atoms in total. The van der Waals surface area contributed by atoms with Gasteiger partial charge in [0.25, 0.3) is 11.8 Å². The molecule has 9 heteroatoms. The van der Waals surface area contributed by atoms with Gasteiger partial charge in [-0.25, -0.2) is 0 Å². The summed E-state index contributed by atoms with van der Waals surface area (Å²) in [5.74, 6) is 0.378. The molecule has 1 aliphatic heterocycles. The first kappa shape index (κ1) is 22.1. The molecule has 0 aliphatic carbocycles. The predicted molar refractivity (Wildman–Crippen MR) is 120 cm³/mol. The molecule has 1 aromatic heterocycles. The van der Waals surface area contributed by atoms with Crippen molar-refractivity contribution in [1.82, 2.24) is 20.3 Å². The summed E-state index contributed by atoms with van der Waals surface area (Å²) in [5.41, 5.74) is 1.49. The third kappa shape index (κ3) is 5.20. The highest BCUT2D eigenvalue weighted by Crippen LogP contribution is 2.19. The molecule has 2 heterocycles. The number of carbonyl (C=O) groups excluding carboxylic acids is 3. The molecule has 1 N–H and O–H groups in total. The molecule has 0 saturated carbocycles. The Labute approximate surface area is 190 Å². The summed E-state index contributed by atoms with van der Waals surface area (Å²) >= 11 is 0. The fourth-order valence-corrected chi connectivity index (χ4v) is 3.55. The Bertz CT molecular complexity index is 1120. The van der Waals surface area contributed by atoms with Crippen molar-refractivity contribution in [3.05, 3.63) is 71.9 Å². The number of hydrogen-bond donors (Lipinski definition) is 1. The number of amides is 3. The molecular weight excluding hydrogens is 424 g/mol. The van der Waals surface area contributed by atoms with E-state index in [0.717, 1.165) is 5.56 Å². The Balaban J connectivity index is 1.25. The standard InChI is InChI=1S/C24H24N4O5/c1-32-19-9-7-18(8-10-19)24(31)28-13-11-27(12-14-28)22(29)16-25-23(30)20-15-21(33-26-20)17-5-3-2-4-6-17/h2-10,15H,11-14,16H2,1H3,(H,25,30). The number of rotatable bonds is 6. The molecule has 0 spiro atoms. The second-order valence-electron chi connectivity index (χ2n) is 7.53. The quantitative estimate of drug-likeness (QED) is 0.619. The van der Waals surface area contributed by atoms with Crippen LogP contribution in [0.3, 0.4) is 0 Å². The van der Waals surface area contributed by atoms with Crippen molar-refractivity contribution in [2.45, 2.75) is 0 Å². The van der Waals surface area contributed by atoms with E-state index < -0.39 is 5.91 Å². The van der Waals surface area contributed by atoms with Gasteiger partial charge >= 0.3 is 0 Å². The topological polar surface area (TPSA) is 105 Å². The Kier molecular flexibility index (Phi) is 6.68. The zero-order valence-electron chi connectivity index (χ0n) is 18.2. The first-order chi connectivity index (χ1) is 16.0. The van der Waals surface area contributed by atoms with Gasteiger partial charge in [0.1, 0.15) is 5.75 Å². The van der Waals surface area contributed by atoms with Crippen molar-refractivity contribution in [2.75, 3.05) is 39.8 Å². The monoisotopic (exact) mass is 448 g/mol. The van der Waals surface area contributed by atoms with Crippen molar-refractivity contribution < 1.29 is 23.6 Å². The SMILES string of the molecule is COc1ccc(C(=O)N2CCN(C(=O)CNC(=O)c3cc(-c4ccccc4)on3)CC2)cc1. The van der Waals surface area contributed by atoms with E-state index in [2.05, 4.69) is 10.5 Å². The number of nitrogens with one attached hydrogen (secondary N) is 1. The van der Waals surface area contributed by atoms with Crippen LogP contribution in [0.2, 0.25) is 0 Å². The maximum absolute atomic E-state index is 12.7. The van der Waals surface area contributed by atoms with E-state index in [0.29, 0.717) is 43.3 Å². The summed E-state index contributed by atoms with van der Waals surface area (Å²) < 4.78 is 10.3. The molecule has 1 fully saturated rings. The highest BCUT2D eigenvalue weighted by molar-refractivity contribution is 5.96. The first-order valence-electron chi connectivity index (χ1n) is 10.6. The van der Waals surface area contributed by atoms with Crippen molar-refractivity contribution in [3.8, 4) is 17.1 Å². The molecule has 3 amide bonds. The van der Waals surface area contributed by atoms with E-state index in [-0.39, 0.29) is 24.1 Å². The van der Waals surface area contributed by atoms with Crippen molar-refractivity contribution in [1.29, 1.82) is 0 Å². The summed E-state index contributed by atoms with van der Waals surface area (Å²) in [5, 5.41) is 6.37. The minimum atomic E-state index is -0.484. The molecule has 0 atom stereocenters. The van der Waals surface area contributed by atoms with Gasteiger partial charge in [0.15, 0.2) is 11.5 Å². The van der Waals surface area contributed by atoms with Gasteiger partial charge < -0.3 is 24.4 Å². The lowest BCUT2D eigenvalue weighted by Gasteiger charge is -2.34. The number of aromatic nitrogens is 1. The summed E-state index contributed by atoms with van der Waals surface area (Å²) in [6, 6.07) is 17.8. The molecule has 2 aromatic carbocycles. The largest absolute Gasteiger partial charge is 0.497 e. The van der Waals surface area contributed by atoms with Crippen molar-refractivity contribution in [2.24, 2.45) is 0 Å². The molecule has 33 heavy (non-hydrogen) atoms. The van der Waals surface area contributed by atoms with Gasteiger partial charge in [0, 0.05) is 43.4 Å². The first-order valence-corrected chi connectivity index (χ1v) is 10.6. The highest BCUT2D eigenvalue weighted by Gasteiger charge is 2.25.